The maximum Gasteiger partial charge on any atom is 0.351 e. The number of aliphatic hydroxyl groups is 1. The summed E-state index contributed by atoms with van der Waals surface area (Å²) in [6, 6.07) is -0.646. The zero-order chi connectivity index (χ0) is 21.0. The van der Waals surface area contributed by atoms with Crippen LogP contribution in [0.1, 0.15) is 79.1 Å². The first-order chi connectivity index (χ1) is 13.7. The summed E-state index contributed by atoms with van der Waals surface area (Å²) in [5, 5.41) is 14.4. The van der Waals surface area contributed by atoms with Gasteiger partial charge in [0.25, 0.3) is 0 Å². The standard InChI is InChI=1S/C24H38N2O3/c1-14(25)22(28)29-26-15(2)19-7-8-20-18-6-5-16-13-17(27)9-11-23(16,3)21(18)10-12-24(19,20)4/h5,14,17-21,27H,6-13,25H2,1-4H3/b26-15-/t14?,17?,18?,19-,20?,21?,23+,24-/m1/s1. The Bertz CT molecular complexity index is 730. The number of aliphatic hydroxyl groups excluding tert-OH is 1. The molecule has 3 N–H and O–H groups in total. The highest BCUT2D eigenvalue weighted by molar-refractivity contribution is 5.86. The average Bonchev–Trinajstić information content (AvgIpc) is 3.03. The van der Waals surface area contributed by atoms with Gasteiger partial charge >= 0.3 is 5.97 Å². The predicted octanol–water partition coefficient (Wildman–Crippen LogP) is 4.19. The van der Waals surface area contributed by atoms with E-state index in [1.54, 1.807) is 6.92 Å². The van der Waals surface area contributed by atoms with Crippen LogP contribution < -0.4 is 5.73 Å². The molecule has 0 aromatic heterocycles. The molecule has 5 heteroatoms. The third-order valence-electron chi connectivity index (χ3n) is 9.23. The first-order valence-corrected chi connectivity index (χ1v) is 11.6. The topological polar surface area (TPSA) is 84.9 Å². The number of allylic oxidation sites excluding steroid dienone is 1. The van der Waals surface area contributed by atoms with Gasteiger partial charge in [-0.2, -0.15) is 0 Å². The van der Waals surface area contributed by atoms with Crippen molar-refractivity contribution in [1.29, 1.82) is 0 Å². The monoisotopic (exact) mass is 402 g/mol. The predicted molar refractivity (Wildman–Crippen MR) is 114 cm³/mol. The Morgan fingerprint density at radius 3 is 2.72 bits per heavy atom. The van der Waals surface area contributed by atoms with E-state index in [1.165, 1.54) is 24.8 Å². The molecule has 0 amide bonds. The van der Waals surface area contributed by atoms with Crippen LogP contribution in [0, 0.1) is 34.5 Å². The summed E-state index contributed by atoms with van der Waals surface area (Å²) in [5.74, 6) is 2.06. The van der Waals surface area contributed by atoms with Gasteiger partial charge in [-0.3, -0.25) is 0 Å². The molecule has 0 aromatic carbocycles. The molecule has 0 heterocycles. The number of nitrogens with zero attached hydrogens (tertiary/aromatic N) is 1. The number of hydrogen-bond donors (Lipinski definition) is 2. The fraction of sp³-hybridized carbons (Fsp3) is 0.833. The molecule has 4 rings (SSSR count). The summed E-state index contributed by atoms with van der Waals surface area (Å²) >= 11 is 0. The van der Waals surface area contributed by atoms with E-state index in [2.05, 4.69) is 25.1 Å². The van der Waals surface area contributed by atoms with Crippen LogP contribution >= 0.6 is 0 Å². The van der Waals surface area contributed by atoms with Crippen molar-refractivity contribution in [2.75, 3.05) is 0 Å². The van der Waals surface area contributed by atoms with Crippen LogP contribution in [0.15, 0.2) is 16.8 Å². The molecule has 0 radical (unpaired) electrons. The van der Waals surface area contributed by atoms with Crippen LogP contribution in [0.3, 0.4) is 0 Å². The average molecular weight is 403 g/mol. The lowest BCUT2D eigenvalue weighted by molar-refractivity contribution is -0.144. The Kier molecular flexibility index (Phi) is 5.44. The number of hydrogen-bond acceptors (Lipinski definition) is 5. The van der Waals surface area contributed by atoms with Crippen LogP contribution in [0.2, 0.25) is 0 Å². The molecule has 5 nitrogen and oxygen atoms in total. The van der Waals surface area contributed by atoms with Gasteiger partial charge in [-0.25, -0.2) is 4.79 Å². The molecule has 3 saturated carbocycles. The van der Waals surface area contributed by atoms with E-state index in [9.17, 15) is 9.90 Å². The highest BCUT2D eigenvalue weighted by Gasteiger charge is 2.59. The smallest absolute Gasteiger partial charge is 0.351 e. The number of rotatable bonds is 3. The Morgan fingerprint density at radius 1 is 1.24 bits per heavy atom. The SMILES string of the molecule is C/C(=N/OC(=O)C(C)N)[C@H]1CCC2C3CC=C4CC(O)CC[C@]4(C)C3CC[C@@]21C. The summed E-state index contributed by atoms with van der Waals surface area (Å²) in [4.78, 5) is 16.8. The van der Waals surface area contributed by atoms with Gasteiger partial charge in [-0.05, 0) is 93.8 Å². The molecule has 0 saturated heterocycles. The first-order valence-electron chi connectivity index (χ1n) is 11.6. The molecule has 29 heavy (non-hydrogen) atoms. The summed E-state index contributed by atoms with van der Waals surface area (Å²) < 4.78 is 0. The van der Waals surface area contributed by atoms with Gasteiger partial charge in [-0.1, -0.05) is 30.7 Å². The number of oxime groups is 1. The third kappa shape index (κ3) is 3.38. The molecule has 0 aliphatic heterocycles. The second-order valence-corrected chi connectivity index (χ2v) is 10.8. The van der Waals surface area contributed by atoms with Crippen molar-refractivity contribution in [3.8, 4) is 0 Å². The van der Waals surface area contributed by atoms with Gasteiger partial charge in [-0.15, -0.1) is 0 Å². The lowest BCUT2D eigenvalue weighted by atomic mass is 9.47. The Labute approximate surface area is 175 Å². The summed E-state index contributed by atoms with van der Waals surface area (Å²) in [6.07, 6.45) is 11.3. The maximum absolute atomic E-state index is 11.7. The highest BCUT2D eigenvalue weighted by Crippen LogP contribution is 2.66. The molecular weight excluding hydrogens is 364 g/mol. The molecule has 162 valence electrons. The fourth-order valence-corrected chi connectivity index (χ4v) is 7.59. The molecule has 0 bridgehead atoms. The molecule has 3 fully saturated rings. The molecular formula is C24H38N2O3. The highest BCUT2D eigenvalue weighted by atomic mass is 16.7. The van der Waals surface area contributed by atoms with E-state index < -0.39 is 12.0 Å². The van der Waals surface area contributed by atoms with Gasteiger partial charge in [0.2, 0.25) is 0 Å². The molecule has 5 unspecified atom stereocenters. The summed E-state index contributed by atoms with van der Waals surface area (Å²) in [5.41, 5.74) is 8.56. The largest absolute Gasteiger partial charge is 0.393 e. The van der Waals surface area contributed by atoms with Gasteiger partial charge in [0, 0.05) is 5.92 Å². The minimum atomic E-state index is -0.646. The summed E-state index contributed by atoms with van der Waals surface area (Å²) in [7, 11) is 0. The zero-order valence-electron chi connectivity index (χ0n) is 18.5. The Balaban J connectivity index is 1.54. The van der Waals surface area contributed by atoms with Crippen molar-refractivity contribution in [2.45, 2.75) is 91.2 Å². The van der Waals surface area contributed by atoms with Crippen molar-refractivity contribution in [2.24, 2.45) is 45.4 Å². The number of carbonyl (C=O) groups is 1. The normalized spacial score (nSPS) is 45.5. The molecule has 4 aliphatic carbocycles. The lowest BCUT2D eigenvalue weighted by Crippen LogP contribution is -2.50. The van der Waals surface area contributed by atoms with E-state index in [1.807, 2.05) is 6.92 Å². The van der Waals surface area contributed by atoms with Crippen LogP contribution in [0.5, 0.6) is 0 Å². The van der Waals surface area contributed by atoms with E-state index in [-0.39, 0.29) is 16.9 Å². The van der Waals surface area contributed by atoms with Crippen molar-refractivity contribution < 1.29 is 14.7 Å². The lowest BCUT2D eigenvalue weighted by Gasteiger charge is -2.58. The second-order valence-electron chi connectivity index (χ2n) is 10.8. The Hall–Kier alpha value is -1.20. The van der Waals surface area contributed by atoms with E-state index in [0.717, 1.165) is 49.7 Å². The van der Waals surface area contributed by atoms with Crippen LogP contribution in [-0.2, 0) is 9.63 Å². The summed E-state index contributed by atoms with van der Waals surface area (Å²) in [6.45, 7) is 8.56. The first kappa shape index (κ1) is 21.0. The minimum Gasteiger partial charge on any atom is -0.393 e. The fourth-order valence-electron chi connectivity index (χ4n) is 7.59. The Morgan fingerprint density at radius 2 is 2.00 bits per heavy atom. The van der Waals surface area contributed by atoms with Gasteiger partial charge in [0.1, 0.15) is 6.04 Å². The quantitative estimate of drug-likeness (QED) is 0.321. The molecule has 4 aliphatic rings. The van der Waals surface area contributed by atoms with Gasteiger partial charge in [0.05, 0.1) is 11.8 Å². The van der Waals surface area contributed by atoms with Crippen molar-refractivity contribution in [3.05, 3.63) is 11.6 Å². The number of fused-ring (bicyclic) bond motifs is 5. The van der Waals surface area contributed by atoms with Crippen LogP contribution in [-0.4, -0.2) is 28.9 Å². The maximum atomic E-state index is 11.7. The van der Waals surface area contributed by atoms with E-state index in [4.69, 9.17) is 10.6 Å². The molecule has 0 spiro atoms. The van der Waals surface area contributed by atoms with Crippen LogP contribution in [0.4, 0.5) is 0 Å². The van der Waals surface area contributed by atoms with Crippen molar-refractivity contribution >= 4 is 11.7 Å². The van der Waals surface area contributed by atoms with E-state index >= 15 is 0 Å². The van der Waals surface area contributed by atoms with Crippen molar-refractivity contribution in [1.82, 2.24) is 0 Å². The second kappa shape index (κ2) is 7.49. The van der Waals surface area contributed by atoms with E-state index in [0.29, 0.717) is 11.8 Å². The number of carbonyl (C=O) groups excluding carboxylic acids is 1. The van der Waals surface area contributed by atoms with Crippen molar-refractivity contribution in [3.63, 3.8) is 0 Å². The van der Waals surface area contributed by atoms with Gasteiger partial charge < -0.3 is 15.7 Å². The van der Waals surface area contributed by atoms with Gasteiger partial charge in [0.15, 0.2) is 0 Å². The molecule has 8 atom stereocenters. The minimum absolute atomic E-state index is 0.145. The molecule has 0 aromatic rings. The van der Waals surface area contributed by atoms with Crippen LogP contribution in [0.25, 0.3) is 0 Å². The zero-order valence-corrected chi connectivity index (χ0v) is 18.5. The third-order valence-corrected chi connectivity index (χ3v) is 9.23. The number of nitrogens with two attached hydrogens (primary N) is 1.